The summed E-state index contributed by atoms with van der Waals surface area (Å²) in [6.07, 6.45) is 2.15. The number of aliphatic hydroxyl groups excluding tert-OH is 1. The zero-order valence-corrected chi connectivity index (χ0v) is 11.0. The van der Waals surface area contributed by atoms with E-state index < -0.39 is 5.54 Å². The zero-order valence-electron chi connectivity index (χ0n) is 10.1. The van der Waals surface area contributed by atoms with Gasteiger partial charge in [0.05, 0.1) is 17.2 Å². The molecule has 0 aliphatic carbocycles. The number of nitrogens with one attached hydrogen (secondary N) is 1. The van der Waals surface area contributed by atoms with E-state index in [0.717, 1.165) is 5.03 Å². The highest BCUT2D eigenvalue weighted by atomic mass is 32.2. The minimum Gasteiger partial charge on any atom is -0.394 e. The lowest BCUT2D eigenvalue weighted by atomic mass is 10.1. The molecule has 0 aromatic carbocycles. The Morgan fingerprint density at radius 1 is 1.53 bits per heavy atom. The molecule has 0 atom stereocenters. The number of nitrogens with zero attached hydrogens (tertiary/aromatic N) is 1. The van der Waals surface area contributed by atoms with Crippen molar-refractivity contribution in [3.8, 4) is 0 Å². The predicted octanol–water partition coefficient (Wildman–Crippen LogP) is 1.45. The molecule has 4 nitrogen and oxygen atoms in total. The standard InChI is InChI=1S/C12H18N2O2S/c1-12(2,9-15)14-10(16)6-8-17-11-5-3-4-7-13-11/h3-5,7,15H,6,8-9H2,1-2H3,(H,14,16). The summed E-state index contributed by atoms with van der Waals surface area (Å²) in [4.78, 5) is 15.7. The molecule has 0 spiro atoms. The van der Waals surface area contributed by atoms with Gasteiger partial charge in [-0.3, -0.25) is 4.79 Å². The molecule has 0 saturated heterocycles. The SMILES string of the molecule is CC(C)(CO)NC(=O)CCSc1ccccn1. The molecule has 1 rings (SSSR count). The van der Waals surface area contributed by atoms with Gasteiger partial charge in [0.25, 0.3) is 0 Å². The lowest BCUT2D eigenvalue weighted by molar-refractivity contribution is -0.122. The molecule has 5 heteroatoms. The van der Waals surface area contributed by atoms with Crippen LogP contribution in [0.25, 0.3) is 0 Å². The number of aromatic nitrogens is 1. The molecule has 1 heterocycles. The minimum absolute atomic E-state index is 0.0486. The molecule has 0 bridgehead atoms. The number of carbonyl (C=O) groups is 1. The number of hydrogen-bond acceptors (Lipinski definition) is 4. The van der Waals surface area contributed by atoms with E-state index in [2.05, 4.69) is 10.3 Å². The molecule has 1 amide bonds. The zero-order chi connectivity index (χ0) is 12.7. The van der Waals surface area contributed by atoms with Crippen molar-refractivity contribution in [2.75, 3.05) is 12.4 Å². The van der Waals surface area contributed by atoms with Gasteiger partial charge in [-0.05, 0) is 26.0 Å². The van der Waals surface area contributed by atoms with Crippen LogP contribution in [0.4, 0.5) is 0 Å². The van der Waals surface area contributed by atoms with E-state index in [4.69, 9.17) is 5.11 Å². The van der Waals surface area contributed by atoms with Crippen molar-refractivity contribution in [2.24, 2.45) is 0 Å². The Labute approximate surface area is 106 Å². The Bertz CT molecular complexity index is 355. The van der Waals surface area contributed by atoms with E-state index in [1.165, 1.54) is 0 Å². The third-order valence-electron chi connectivity index (χ3n) is 2.09. The molecule has 0 radical (unpaired) electrons. The number of carbonyl (C=O) groups excluding carboxylic acids is 1. The second kappa shape index (κ2) is 6.61. The minimum atomic E-state index is -0.549. The van der Waals surface area contributed by atoms with Gasteiger partial charge >= 0.3 is 0 Å². The Balaban J connectivity index is 2.25. The first-order chi connectivity index (χ1) is 8.03. The summed E-state index contributed by atoms with van der Waals surface area (Å²) in [6.45, 7) is 3.51. The van der Waals surface area contributed by atoms with Crippen LogP contribution in [0.3, 0.4) is 0 Å². The summed E-state index contributed by atoms with van der Waals surface area (Å²) in [5, 5.41) is 12.7. The highest BCUT2D eigenvalue weighted by Crippen LogP contribution is 2.14. The predicted molar refractivity (Wildman–Crippen MR) is 68.9 cm³/mol. The first kappa shape index (κ1) is 14.0. The van der Waals surface area contributed by atoms with Gasteiger partial charge in [0.1, 0.15) is 0 Å². The maximum atomic E-state index is 11.6. The van der Waals surface area contributed by atoms with Crippen molar-refractivity contribution >= 4 is 17.7 Å². The molecule has 0 saturated carbocycles. The number of rotatable bonds is 6. The Kier molecular flexibility index (Phi) is 5.44. The van der Waals surface area contributed by atoms with Gasteiger partial charge in [-0.15, -0.1) is 11.8 Å². The fraction of sp³-hybridized carbons (Fsp3) is 0.500. The van der Waals surface area contributed by atoms with Crippen LogP contribution in [0.5, 0.6) is 0 Å². The summed E-state index contributed by atoms with van der Waals surface area (Å²) >= 11 is 1.55. The quantitative estimate of drug-likeness (QED) is 0.754. The number of amides is 1. The second-order valence-electron chi connectivity index (χ2n) is 4.36. The molecule has 2 N–H and O–H groups in total. The van der Waals surface area contributed by atoms with Crippen molar-refractivity contribution < 1.29 is 9.90 Å². The molecule has 0 aliphatic heterocycles. The van der Waals surface area contributed by atoms with Crippen LogP contribution in [-0.2, 0) is 4.79 Å². The molecular formula is C12H18N2O2S. The highest BCUT2D eigenvalue weighted by Gasteiger charge is 2.18. The van der Waals surface area contributed by atoms with Gasteiger partial charge in [-0.25, -0.2) is 4.98 Å². The van der Waals surface area contributed by atoms with Crippen LogP contribution in [0.15, 0.2) is 29.4 Å². The summed E-state index contributed by atoms with van der Waals surface area (Å²) in [7, 11) is 0. The topological polar surface area (TPSA) is 62.2 Å². The fourth-order valence-corrected chi connectivity index (χ4v) is 1.97. The van der Waals surface area contributed by atoms with Gasteiger partial charge in [-0.2, -0.15) is 0 Å². The van der Waals surface area contributed by atoms with E-state index >= 15 is 0 Å². The number of thioether (sulfide) groups is 1. The van der Waals surface area contributed by atoms with Gasteiger partial charge < -0.3 is 10.4 Å². The highest BCUT2D eigenvalue weighted by molar-refractivity contribution is 7.99. The first-order valence-corrected chi connectivity index (χ1v) is 6.48. The largest absolute Gasteiger partial charge is 0.394 e. The molecular weight excluding hydrogens is 236 g/mol. The molecule has 1 aromatic heterocycles. The van der Waals surface area contributed by atoms with Crippen LogP contribution >= 0.6 is 11.8 Å². The monoisotopic (exact) mass is 254 g/mol. The Morgan fingerprint density at radius 2 is 2.29 bits per heavy atom. The van der Waals surface area contributed by atoms with Gasteiger partial charge in [-0.1, -0.05) is 6.07 Å². The Morgan fingerprint density at radius 3 is 2.88 bits per heavy atom. The van der Waals surface area contributed by atoms with Crippen molar-refractivity contribution in [1.82, 2.24) is 10.3 Å². The second-order valence-corrected chi connectivity index (χ2v) is 5.47. The number of pyridine rings is 1. The van der Waals surface area contributed by atoms with Crippen molar-refractivity contribution in [2.45, 2.75) is 30.8 Å². The van der Waals surface area contributed by atoms with E-state index in [0.29, 0.717) is 12.2 Å². The molecule has 94 valence electrons. The third-order valence-corrected chi connectivity index (χ3v) is 3.04. The lowest BCUT2D eigenvalue weighted by Gasteiger charge is -2.23. The summed E-state index contributed by atoms with van der Waals surface area (Å²) < 4.78 is 0. The van der Waals surface area contributed by atoms with Gasteiger partial charge in [0.15, 0.2) is 0 Å². The van der Waals surface area contributed by atoms with Crippen LogP contribution in [0.2, 0.25) is 0 Å². The van der Waals surface area contributed by atoms with Crippen molar-refractivity contribution in [1.29, 1.82) is 0 Å². The fourth-order valence-electron chi connectivity index (χ4n) is 1.16. The van der Waals surface area contributed by atoms with Crippen LogP contribution < -0.4 is 5.32 Å². The number of hydrogen-bond donors (Lipinski definition) is 2. The van der Waals surface area contributed by atoms with Crippen molar-refractivity contribution in [3.05, 3.63) is 24.4 Å². The van der Waals surface area contributed by atoms with Gasteiger partial charge in [0.2, 0.25) is 5.91 Å². The Hall–Kier alpha value is -1.07. The molecule has 1 aromatic rings. The average molecular weight is 254 g/mol. The maximum absolute atomic E-state index is 11.6. The molecule has 0 unspecified atom stereocenters. The van der Waals surface area contributed by atoms with E-state index in [-0.39, 0.29) is 12.5 Å². The van der Waals surface area contributed by atoms with Gasteiger partial charge in [0, 0.05) is 18.4 Å². The normalized spacial score (nSPS) is 11.2. The van der Waals surface area contributed by atoms with E-state index in [1.54, 1.807) is 31.8 Å². The van der Waals surface area contributed by atoms with Crippen LogP contribution in [-0.4, -0.2) is 33.9 Å². The molecule has 17 heavy (non-hydrogen) atoms. The van der Waals surface area contributed by atoms with E-state index in [1.807, 2.05) is 18.2 Å². The lowest BCUT2D eigenvalue weighted by Crippen LogP contribution is -2.46. The van der Waals surface area contributed by atoms with Crippen LogP contribution in [0, 0.1) is 0 Å². The summed E-state index contributed by atoms with van der Waals surface area (Å²) in [6, 6.07) is 5.70. The average Bonchev–Trinajstić information content (AvgIpc) is 2.30. The van der Waals surface area contributed by atoms with Crippen LogP contribution in [0.1, 0.15) is 20.3 Å². The summed E-state index contributed by atoms with van der Waals surface area (Å²) in [5.41, 5.74) is -0.549. The third kappa shape index (κ3) is 5.70. The number of aliphatic hydroxyl groups is 1. The maximum Gasteiger partial charge on any atom is 0.221 e. The molecule has 0 fully saturated rings. The van der Waals surface area contributed by atoms with Crippen molar-refractivity contribution in [3.63, 3.8) is 0 Å². The first-order valence-electron chi connectivity index (χ1n) is 5.49. The smallest absolute Gasteiger partial charge is 0.221 e. The van der Waals surface area contributed by atoms with E-state index in [9.17, 15) is 4.79 Å². The summed E-state index contributed by atoms with van der Waals surface area (Å²) in [5.74, 6) is 0.636. The molecule has 0 aliphatic rings.